The van der Waals surface area contributed by atoms with Crippen molar-refractivity contribution in [1.29, 1.82) is 0 Å². The first-order chi connectivity index (χ1) is 13.5. The lowest BCUT2D eigenvalue weighted by atomic mass is 10.1. The van der Waals surface area contributed by atoms with Crippen LogP contribution in [0.25, 0.3) is 11.3 Å². The number of hydrogen-bond donors (Lipinski definition) is 2. The van der Waals surface area contributed by atoms with Crippen LogP contribution >= 0.6 is 0 Å². The van der Waals surface area contributed by atoms with Crippen LogP contribution in [-0.2, 0) is 6.61 Å². The van der Waals surface area contributed by atoms with E-state index in [4.69, 9.17) is 14.3 Å². The van der Waals surface area contributed by atoms with Gasteiger partial charge in [0.05, 0.1) is 6.10 Å². The quantitative estimate of drug-likeness (QED) is 0.593. The number of amides is 1. The zero-order valence-electron chi connectivity index (χ0n) is 16.4. The Kier molecular flexibility index (Phi) is 6.16. The molecular formula is C23H25NO4. The topological polar surface area (TPSA) is 71.7 Å². The molecule has 1 aromatic heterocycles. The molecule has 0 fully saturated rings. The first-order valence-electron chi connectivity index (χ1n) is 9.38. The van der Waals surface area contributed by atoms with Crippen LogP contribution in [-0.4, -0.2) is 17.1 Å². The highest BCUT2D eigenvalue weighted by molar-refractivity contribution is 6.04. The number of rotatable bonds is 7. The van der Waals surface area contributed by atoms with Gasteiger partial charge in [-0.05, 0) is 80.4 Å². The first kappa shape index (κ1) is 19.7. The lowest BCUT2D eigenvalue weighted by Crippen LogP contribution is -2.13. The molecule has 1 amide bonds. The number of furan rings is 1. The van der Waals surface area contributed by atoms with Crippen molar-refractivity contribution in [3.8, 4) is 17.1 Å². The number of aliphatic hydroxyl groups is 1. The molecular weight excluding hydrogens is 354 g/mol. The molecule has 3 rings (SSSR count). The van der Waals surface area contributed by atoms with Gasteiger partial charge in [0.2, 0.25) is 0 Å². The minimum Gasteiger partial charge on any atom is -0.491 e. The fourth-order valence-electron chi connectivity index (χ4n) is 2.83. The number of ether oxygens (including phenoxy) is 1. The van der Waals surface area contributed by atoms with Gasteiger partial charge in [0.25, 0.3) is 5.91 Å². The number of benzene rings is 2. The molecule has 0 saturated carbocycles. The van der Waals surface area contributed by atoms with E-state index in [9.17, 15) is 4.79 Å². The molecule has 0 saturated heterocycles. The summed E-state index contributed by atoms with van der Waals surface area (Å²) < 4.78 is 11.3. The summed E-state index contributed by atoms with van der Waals surface area (Å²) in [5, 5.41) is 12.1. The van der Waals surface area contributed by atoms with Crippen LogP contribution < -0.4 is 10.1 Å². The lowest BCUT2D eigenvalue weighted by Gasteiger charge is -2.13. The second-order valence-corrected chi connectivity index (χ2v) is 6.77. The Labute approximate surface area is 165 Å². The average Bonchev–Trinajstić information content (AvgIpc) is 3.17. The Morgan fingerprint density at radius 2 is 1.89 bits per heavy atom. The standard InChI is InChI=1S/C23H25NO4/c1-4-16(3)27-19-8-5-17(6-9-19)23(26)24-18-7-11-21(15(2)13-18)22-12-10-20(14-25)28-22/h5-13,16,25H,4,14H2,1-3H3,(H,24,26)/t16-/m1/s1. The van der Waals surface area contributed by atoms with Gasteiger partial charge in [-0.2, -0.15) is 0 Å². The van der Waals surface area contributed by atoms with E-state index in [-0.39, 0.29) is 18.6 Å². The Hall–Kier alpha value is -3.05. The number of carbonyl (C=O) groups excluding carboxylic acids is 1. The summed E-state index contributed by atoms with van der Waals surface area (Å²) in [7, 11) is 0. The highest BCUT2D eigenvalue weighted by Crippen LogP contribution is 2.28. The summed E-state index contributed by atoms with van der Waals surface area (Å²) in [6.07, 6.45) is 1.07. The minimum absolute atomic E-state index is 0.131. The van der Waals surface area contributed by atoms with Crippen LogP contribution in [0.4, 0.5) is 5.69 Å². The number of carbonyl (C=O) groups is 1. The summed E-state index contributed by atoms with van der Waals surface area (Å²) in [4.78, 5) is 12.5. The monoisotopic (exact) mass is 379 g/mol. The van der Waals surface area contributed by atoms with Crippen molar-refractivity contribution >= 4 is 11.6 Å². The predicted molar refractivity (Wildman–Crippen MR) is 110 cm³/mol. The molecule has 5 nitrogen and oxygen atoms in total. The van der Waals surface area contributed by atoms with Crippen LogP contribution in [0.3, 0.4) is 0 Å². The van der Waals surface area contributed by atoms with E-state index in [1.165, 1.54) is 0 Å². The molecule has 0 radical (unpaired) electrons. The third kappa shape index (κ3) is 4.61. The van der Waals surface area contributed by atoms with E-state index in [1.807, 2.05) is 50.2 Å². The van der Waals surface area contributed by atoms with E-state index in [0.717, 1.165) is 23.3 Å². The molecule has 0 aliphatic heterocycles. The molecule has 0 spiro atoms. The van der Waals surface area contributed by atoms with Crippen molar-refractivity contribution in [3.05, 3.63) is 71.5 Å². The molecule has 2 N–H and O–H groups in total. The SMILES string of the molecule is CC[C@@H](C)Oc1ccc(C(=O)Nc2ccc(-c3ccc(CO)o3)c(C)c2)cc1. The van der Waals surface area contributed by atoms with Crippen molar-refractivity contribution < 1.29 is 19.1 Å². The van der Waals surface area contributed by atoms with Gasteiger partial charge in [-0.25, -0.2) is 0 Å². The summed E-state index contributed by atoms with van der Waals surface area (Å²) >= 11 is 0. The number of aliphatic hydroxyl groups excluding tert-OH is 1. The number of hydrogen-bond acceptors (Lipinski definition) is 4. The summed E-state index contributed by atoms with van der Waals surface area (Å²) in [6.45, 7) is 5.90. The Morgan fingerprint density at radius 3 is 2.50 bits per heavy atom. The Balaban J connectivity index is 1.69. The molecule has 5 heteroatoms. The van der Waals surface area contributed by atoms with E-state index in [1.54, 1.807) is 18.2 Å². The number of aryl methyl sites for hydroxylation is 1. The summed E-state index contributed by atoms with van der Waals surface area (Å²) in [6, 6.07) is 16.3. The van der Waals surface area contributed by atoms with E-state index >= 15 is 0 Å². The molecule has 1 heterocycles. The highest BCUT2D eigenvalue weighted by atomic mass is 16.5. The first-order valence-corrected chi connectivity index (χ1v) is 9.38. The second-order valence-electron chi connectivity index (χ2n) is 6.77. The predicted octanol–water partition coefficient (Wildman–Crippen LogP) is 5.18. The molecule has 3 aromatic rings. The fourth-order valence-corrected chi connectivity index (χ4v) is 2.83. The largest absolute Gasteiger partial charge is 0.491 e. The van der Waals surface area contributed by atoms with Crippen LogP contribution in [0.1, 0.15) is 41.9 Å². The van der Waals surface area contributed by atoms with Gasteiger partial charge < -0.3 is 19.6 Å². The molecule has 2 aromatic carbocycles. The summed E-state index contributed by atoms with van der Waals surface area (Å²) in [5.74, 6) is 1.79. The van der Waals surface area contributed by atoms with Crippen molar-refractivity contribution in [3.63, 3.8) is 0 Å². The molecule has 0 aliphatic rings. The third-order valence-corrected chi connectivity index (χ3v) is 4.60. The second kappa shape index (κ2) is 8.76. The van der Waals surface area contributed by atoms with E-state index in [0.29, 0.717) is 22.8 Å². The average molecular weight is 379 g/mol. The maximum absolute atomic E-state index is 12.5. The van der Waals surface area contributed by atoms with Gasteiger partial charge in [0.15, 0.2) is 0 Å². The maximum atomic E-state index is 12.5. The van der Waals surface area contributed by atoms with Gasteiger partial charge >= 0.3 is 0 Å². The van der Waals surface area contributed by atoms with Crippen LogP contribution in [0.15, 0.2) is 59.0 Å². The maximum Gasteiger partial charge on any atom is 0.255 e. The zero-order valence-corrected chi connectivity index (χ0v) is 16.4. The minimum atomic E-state index is -0.178. The molecule has 0 bridgehead atoms. The van der Waals surface area contributed by atoms with Crippen molar-refractivity contribution in [2.24, 2.45) is 0 Å². The highest BCUT2D eigenvalue weighted by Gasteiger charge is 2.11. The molecule has 0 aliphatic carbocycles. The lowest BCUT2D eigenvalue weighted by molar-refractivity contribution is 0.102. The van der Waals surface area contributed by atoms with E-state index in [2.05, 4.69) is 12.2 Å². The van der Waals surface area contributed by atoms with Gasteiger partial charge in [-0.1, -0.05) is 6.92 Å². The molecule has 146 valence electrons. The van der Waals surface area contributed by atoms with Gasteiger partial charge in [0.1, 0.15) is 23.9 Å². The van der Waals surface area contributed by atoms with Crippen LogP contribution in [0.5, 0.6) is 5.75 Å². The smallest absolute Gasteiger partial charge is 0.255 e. The van der Waals surface area contributed by atoms with Crippen molar-refractivity contribution in [1.82, 2.24) is 0 Å². The Morgan fingerprint density at radius 1 is 1.14 bits per heavy atom. The van der Waals surface area contributed by atoms with Crippen LogP contribution in [0, 0.1) is 6.92 Å². The number of nitrogens with one attached hydrogen (secondary N) is 1. The van der Waals surface area contributed by atoms with Gasteiger partial charge in [-0.3, -0.25) is 4.79 Å². The van der Waals surface area contributed by atoms with Gasteiger partial charge in [0, 0.05) is 16.8 Å². The van der Waals surface area contributed by atoms with E-state index < -0.39 is 0 Å². The van der Waals surface area contributed by atoms with Gasteiger partial charge in [-0.15, -0.1) is 0 Å². The molecule has 28 heavy (non-hydrogen) atoms. The fraction of sp³-hybridized carbons (Fsp3) is 0.261. The van der Waals surface area contributed by atoms with Crippen LogP contribution in [0.2, 0.25) is 0 Å². The van der Waals surface area contributed by atoms with Crippen molar-refractivity contribution in [2.45, 2.75) is 39.9 Å². The van der Waals surface area contributed by atoms with Crippen molar-refractivity contribution in [2.75, 3.05) is 5.32 Å². The Bertz CT molecular complexity index is 943. The molecule has 1 atom stereocenters. The zero-order chi connectivity index (χ0) is 20.1. The third-order valence-electron chi connectivity index (χ3n) is 4.60. The molecule has 0 unspecified atom stereocenters. The summed E-state index contributed by atoms with van der Waals surface area (Å²) in [5.41, 5.74) is 3.16. The normalized spacial score (nSPS) is 11.9. The number of anilines is 1.